The monoisotopic (exact) mass is 226 g/mol. The predicted octanol–water partition coefficient (Wildman–Crippen LogP) is 2.89. The summed E-state index contributed by atoms with van der Waals surface area (Å²) in [7, 11) is 0. The van der Waals surface area contributed by atoms with E-state index in [4.69, 9.17) is 0 Å². The molecule has 1 atom stereocenters. The average molecular weight is 226 g/mol. The van der Waals surface area contributed by atoms with Gasteiger partial charge in [-0.25, -0.2) is 0 Å². The number of hydrogen-bond acceptors (Lipinski definition) is 2. The molecule has 1 aliphatic rings. The van der Waals surface area contributed by atoms with Crippen molar-refractivity contribution in [3.8, 4) is 0 Å². The van der Waals surface area contributed by atoms with Gasteiger partial charge in [-0.05, 0) is 51.2 Å². The van der Waals surface area contributed by atoms with Crippen LogP contribution in [0.1, 0.15) is 53.4 Å². The van der Waals surface area contributed by atoms with Crippen LogP contribution in [0.2, 0.25) is 0 Å². The Morgan fingerprint density at radius 3 is 2.56 bits per heavy atom. The lowest BCUT2D eigenvalue weighted by atomic mass is 10.0. The van der Waals surface area contributed by atoms with Crippen molar-refractivity contribution >= 4 is 0 Å². The van der Waals surface area contributed by atoms with E-state index in [1.54, 1.807) is 0 Å². The van der Waals surface area contributed by atoms with Crippen LogP contribution in [0.25, 0.3) is 0 Å². The zero-order valence-corrected chi connectivity index (χ0v) is 11.6. The summed E-state index contributed by atoms with van der Waals surface area (Å²) in [6.07, 6.45) is 5.50. The van der Waals surface area contributed by atoms with Crippen molar-refractivity contribution in [2.75, 3.05) is 19.6 Å². The highest BCUT2D eigenvalue weighted by Gasteiger charge is 2.25. The molecule has 2 nitrogen and oxygen atoms in total. The summed E-state index contributed by atoms with van der Waals surface area (Å²) in [4.78, 5) is 2.71. The summed E-state index contributed by atoms with van der Waals surface area (Å²) >= 11 is 0. The van der Waals surface area contributed by atoms with Crippen LogP contribution in [0.5, 0.6) is 0 Å². The van der Waals surface area contributed by atoms with E-state index in [9.17, 15) is 0 Å². The third kappa shape index (κ3) is 4.84. The van der Waals surface area contributed by atoms with E-state index in [2.05, 4.69) is 37.9 Å². The molecule has 1 rings (SSSR count). The van der Waals surface area contributed by atoms with Crippen LogP contribution in [-0.4, -0.2) is 36.6 Å². The second-order valence-corrected chi connectivity index (χ2v) is 5.81. The van der Waals surface area contributed by atoms with E-state index in [1.807, 2.05) is 0 Å². The van der Waals surface area contributed by atoms with Crippen LogP contribution < -0.4 is 5.32 Å². The van der Waals surface area contributed by atoms with Crippen molar-refractivity contribution in [1.29, 1.82) is 0 Å². The highest BCUT2D eigenvalue weighted by molar-refractivity contribution is 4.81. The Labute approximate surface area is 102 Å². The molecule has 0 aliphatic carbocycles. The third-order valence-electron chi connectivity index (χ3n) is 3.61. The second kappa shape index (κ2) is 7.29. The Morgan fingerprint density at radius 2 is 1.94 bits per heavy atom. The predicted molar refractivity (Wildman–Crippen MR) is 71.8 cm³/mol. The van der Waals surface area contributed by atoms with E-state index in [0.29, 0.717) is 6.04 Å². The topological polar surface area (TPSA) is 15.3 Å². The minimum atomic E-state index is 0.634. The molecule has 1 fully saturated rings. The molecule has 1 aliphatic heterocycles. The smallest absolute Gasteiger partial charge is 0.0119 e. The van der Waals surface area contributed by atoms with E-state index in [-0.39, 0.29) is 0 Å². The molecule has 0 aromatic carbocycles. The van der Waals surface area contributed by atoms with Gasteiger partial charge in [0.05, 0.1) is 0 Å². The van der Waals surface area contributed by atoms with Gasteiger partial charge in [0.2, 0.25) is 0 Å². The van der Waals surface area contributed by atoms with Crippen LogP contribution in [-0.2, 0) is 0 Å². The van der Waals surface area contributed by atoms with Crippen molar-refractivity contribution in [2.24, 2.45) is 5.92 Å². The fourth-order valence-corrected chi connectivity index (χ4v) is 2.72. The Morgan fingerprint density at radius 1 is 1.19 bits per heavy atom. The SMILES string of the molecule is CC(C)NCCCCN1CCCC1C(C)C. The van der Waals surface area contributed by atoms with Crippen LogP contribution in [0, 0.1) is 5.92 Å². The number of nitrogens with zero attached hydrogens (tertiary/aromatic N) is 1. The molecule has 96 valence electrons. The minimum Gasteiger partial charge on any atom is -0.315 e. The normalized spacial score (nSPS) is 22.5. The average Bonchev–Trinajstić information content (AvgIpc) is 2.65. The first-order valence-electron chi connectivity index (χ1n) is 7.08. The van der Waals surface area contributed by atoms with Gasteiger partial charge in [0.25, 0.3) is 0 Å². The van der Waals surface area contributed by atoms with Gasteiger partial charge in [-0.2, -0.15) is 0 Å². The van der Waals surface area contributed by atoms with Gasteiger partial charge in [0.15, 0.2) is 0 Å². The number of hydrogen-bond donors (Lipinski definition) is 1. The molecule has 16 heavy (non-hydrogen) atoms. The van der Waals surface area contributed by atoms with E-state index < -0.39 is 0 Å². The van der Waals surface area contributed by atoms with Gasteiger partial charge >= 0.3 is 0 Å². The summed E-state index contributed by atoms with van der Waals surface area (Å²) in [6.45, 7) is 13.0. The highest BCUT2D eigenvalue weighted by atomic mass is 15.2. The maximum atomic E-state index is 3.49. The lowest BCUT2D eigenvalue weighted by Gasteiger charge is -2.27. The molecule has 0 aromatic rings. The molecule has 0 aromatic heterocycles. The van der Waals surface area contributed by atoms with Gasteiger partial charge in [-0.15, -0.1) is 0 Å². The molecule has 1 N–H and O–H groups in total. The van der Waals surface area contributed by atoms with Crippen molar-refractivity contribution in [2.45, 2.75) is 65.5 Å². The van der Waals surface area contributed by atoms with Gasteiger partial charge in [-0.1, -0.05) is 27.7 Å². The molecule has 0 radical (unpaired) electrons. The Hall–Kier alpha value is -0.0800. The lowest BCUT2D eigenvalue weighted by molar-refractivity contribution is 0.203. The summed E-state index contributed by atoms with van der Waals surface area (Å²) < 4.78 is 0. The minimum absolute atomic E-state index is 0.634. The van der Waals surface area contributed by atoms with Gasteiger partial charge in [0.1, 0.15) is 0 Å². The largest absolute Gasteiger partial charge is 0.315 e. The number of likely N-dealkylation sites (tertiary alicyclic amines) is 1. The fraction of sp³-hybridized carbons (Fsp3) is 1.00. The van der Waals surface area contributed by atoms with E-state index >= 15 is 0 Å². The summed E-state index contributed by atoms with van der Waals surface area (Å²) in [5.74, 6) is 0.830. The standard InChI is InChI=1S/C14H30N2/c1-12(2)14-8-7-11-16(14)10-6-5-9-15-13(3)4/h12-15H,5-11H2,1-4H3. The van der Waals surface area contributed by atoms with Crippen molar-refractivity contribution in [3.05, 3.63) is 0 Å². The van der Waals surface area contributed by atoms with Gasteiger partial charge < -0.3 is 10.2 Å². The zero-order chi connectivity index (χ0) is 12.0. The second-order valence-electron chi connectivity index (χ2n) is 5.81. The maximum absolute atomic E-state index is 3.49. The van der Waals surface area contributed by atoms with Gasteiger partial charge in [-0.3, -0.25) is 0 Å². The third-order valence-corrected chi connectivity index (χ3v) is 3.61. The molecule has 1 heterocycles. The number of rotatable bonds is 7. The molecule has 0 spiro atoms. The molecule has 2 heteroatoms. The highest BCUT2D eigenvalue weighted by Crippen LogP contribution is 2.23. The van der Waals surface area contributed by atoms with Crippen LogP contribution >= 0.6 is 0 Å². The fourth-order valence-electron chi connectivity index (χ4n) is 2.72. The molecular weight excluding hydrogens is 196 g/mol. The first-order valence-corrected chi connectivity index (χ1v) is 7.08. The summed E-state index contributed by atoms with van der Waals surface area (Å²) in [6, 6.07) is 1.49. The maximum Gasteiger partial charge on any atom is 0.0119 e. The van der Waals surface area contributed by atoms with E-state index in [0.717, 1.165) is 12.0 Å². The first-order chi connectivity index (χ1) is 7.61. The number of nitrogens with one attached hydrogen (secondary N) is 1. The molecule has 0 saturated carbocycles. The molecule has 1 saturated heterocycles. The van der Waals surface area contributed by atoms with Crippen molar-refractivity contribution in [3.63, 3.8) is 0 Å². The van der Waals surface area contributed by atoms with E-state index in [1.165, 1.54) is 45.3 Å². The quantitative estimate of drug-likeness (QED) is 0.672. The van der Waals surface area contributed by atoms with Crippen LogP contribution in [0.4, 0.5) is 0 Å². The first kappa shape index (κ1) is 14.0. The van der Waals surface area contributed by atoms with Gasteiger partial charge in [0, 0.05) is 12.1 Å². The van der Waals surface area contributed by atoms with Crippen molar-refractivity contribution in [1.82, 2.24) is 10.2 Å². The Kier molecular flexibility index (Phi) is 6.37. The summed E-state index contributed by atoms with van der Waals surface area (Å²) in [5, 5.41) is 3.49. The van der Waals surface area contributed by atoms with Crippen LogP contribution in [0.15, 0.2) is 0 Å². The Bertz CT molecular complexity index is 178. The Balaban J connectivity index is 2.08. The van der Waals surface area contributed by atoms with Crippen LogP contribution in [0.3, 0.4) is 0 Å². The van der Waals surface area contributed by atoms with Crippen molar-refractivity contribution < 1.29 is 0 Å². The zero-order valence-electron chi connectivity index (χ0n) is 11.6. The molecule has 0 bridgehead atoms. The molecule has 0 amide bonds. The summed E-state index contributed by atoms with van der Waals surface area (Å²) in [5.41, 5.74) is 0. The molecular formula is C14H30N2. The lowest BCUT2D eigenvalue weighted by Crippen LogP contribution is -2.34. The molecule has 1 unspecified atom stereocenters. The number of unbranched alkanes of at least 4 members (excludes halogenated alkanes) is 1.